The molecule has 2 aromatic rings. The largest absolute Gasteiger partial charge is 0.310 e. The van der Waals surface area contributed by atoms with Crippen LogP contribution in [0.25, 0.3) is 10.8 Å². The molecule has 1 atom stereocenters. The van der Waals surface area contributed by atoms with Crippen LogP contribution in [0.15, 0.2) is 36.7 Å². The summed E-state index contributed by atoms with van der Waals surface area (Å²) in [5, 5.41) is 6.42. The fourth-order valence-electron chi connectivity index (χ4n) is 3.54. The van der Waals surface area contributed by atoms with E-state index < -0.39 is 0 Å². The molecule has 3 rings (SSSR count). The first-order chi connectivity index (χ1) is 9.90. The molecule has 0 saturated heterocycles. The van der Waals surface area contributed by atoms with Crippen LogP contribution in [0.5, 0.6) is 0 Å². The van der Waals surface area contributed by atoms with Crippen LogP contribution in [0.1, 0.15) is 50.6 Å². The minimum absolute atomic E-state index is 0.503. The molecule has 106 valence electrons. The first-order valence-corrected chi connectivity index (χ1v) is 7.96. The van der Waals surface area contributed by atoms with Crippen LogP contribution in [-0.4, -0.2) is 11.5 Å². The lowest BCUT2D eigenvalue weighted by Crippen LogP contribution is -2.28. The molecule has 0 amide bonds. The summed E-state index contributed by atoms with van der Waals surface area (Å²) in [4.78, 5) is 4.25. The molecule has 1 aromatic heterocycles. The average molecular weight is 268 g/mol. The van der Waals surface area contributed by atoms with Crippen molar-refractivity contribution in [2.24, 2.45) is 5.92 Å². The fourth-order valence-corrected chi connectivity index (χ4v) is 3.54. The maximum Gasteiger partial charge on any atom is 0.0354 e. The van der Waals surface area contributed by atoms with Crippen LogP contribution in [-0.2, 0) is 0 Å². The monoisotopic (exact) mass is 268 g/mol. The lowest BCUT2D eigenvalue weighted by Gasteiger charge is -2.26. The summed E-state index contributed by atoms with van der Waals surface area (Å²) in [6.07, 6.45) is 10.6. The zero-order chi connectivity index (χ0) is 13.8. The maximum atomic E-state index is 4.25. The van der Waals surface area contributed by atoms with Crippen molar-refractivity contribution in [2.75, 3.05) is 6.54 Å². The molecule has 1 fully saturated rings. The van der Waals surface area contributed by atoms with Crippen LogP contribution >= 0.6 is 0 Å². The standard InChI is InChI=1S/C18H24N2/c1-2-11-20-18(14-6-3-4-7-14)17-9-5-8-15-13-19-12-10-16(15)17/h5,8-10,12-14,18,20H,2-4,6-7,11H2,1H3. The maximum absolute atomic E-state index is 4.25. The van der Waals surface area contributed by atoms with Gasteiger partial charge in [-0.3, -0.25) is 4.98 Å². The topological polar surface area (TPSA) is 24.9 Å². The second-order valence-electron chi connectivity index (χ2n) is 5.92. The number of nitrogens with zero attached hydrogens (tertiary/aromatic N) is 1. The van der Waals surface area contributed by atoms with Crippen molar-refractivity contribution in [2.45, 2.75) is 45.1 Å². The van der Waals surface area contributed by atoms with Gasteiger partial charge in [-0.2, -0.15) is 0 Å². The molecular weight excluding hydrogens is 244 g/mol. The first-order valence-electron chi connectivity index (χ1n) is 7.96. The van der Waals surface area contributed by atoms with Crippen molar-refractivity contribution < 1.29 is 0 Å². The SMILES string of the molecule is CCCNC(c1cccc2cnccc12)C1CCCC1. The molecule has 0 bridgehead atoms. The number of rotatable bonds is 5. The number of fused-ring (bicyclic) bond motifs is 1. The Bertz CT molecular complexity index is 553. The number of aromatic nitrogens is 1. The van der Waals surface area contributed by atoms with Gasteiger partial charge in [0.15, 0.2) is 0 Å². The van der Waals surface area contributed by atoms with Crippen molar-refractivity contribution >= 4 is 10.8 Å². The second kappa shape index (κ2) is 6.36. The third-order valence-electron chi connectivity index (χ3n) is 4.54. The molecule has 1 aromatic carbocycles. The van der Waals surface area contributed by atoms with Gasteiger partial charge in [-0.15, -0.1) is 0 Å². The predicted octanol–water partition coefficient (Wildman–Crippen LogP) is 4.47. The summed E-state index contributed by atoms with van der Waals surface area (Å²) < 4.78 is 0. The quantitative estimate of drug-likeness (QED) is 0.865. The molecule has 2 nitrogen and oxygen atoms in total. The summed E-state index contributed by atoms with van der Waals surface area (Å²) in [6, 6.07) is 9.31. The molecule has 1 aliphatic rings. The van der Waals surface area contributed by atoms with Crippen LogP contribution in [0.2, 0.25) is 0 Å². The Labute approximate surface area is 121 Å². The van der Waals surface area contributed by atoms with E-state index in [0.717, 1.165) is 12.5 Å². The van der Waals surface area contributed by atoms with E-state index in [4.69, 9.17) is 0 Å². The van der Waals surface area contributed by atoms with Gasteiger partial charge in [0.1, 0.15) is 0 Å². The zero-order valence-electron chi connectivity index (χ0n) is 12.3. The Morgan fingerprint density at radius 2 is 2.10 bits per heavy atom. The fraction of sp³-hybridized carbons (Fsp3) is 0.500. The number of pyridine rings is 1. The van der Waals surface area contributed by atoms with E-state index in [-0.39, 0.29) is 0 Å². The summed E-state index contributed by atoms with van der Waals surface area (Å²) in [6.45, 7) is 3.34. The Kier molecular flexibility index (Phi) is 4.31. The van der Waals surface area contributed by atoms with E-state index in [1.54, 1.807) is 0 Å². The van der Waals surface area contributed by atoms with Gasteiger partial charge in [-0.1, -0.05) is 38.0 Å². The molecular formula is C18H24N2. The molecule has 0 spiro atoms. The normalized spacial score (nSPS) is 17.6. The number of hydrogen-bond donors (Lipinski definition) is 1. The highest BCUT2D eigenvalue weighted by molar-refractivity contribution is 5.85. The van der Waals surface area contributed by atoms with Gasteiger partial charge < -0.3 is 5.32 Å². The van der Waals surface area contributed by atoms with E-state index in [9.17, 15) is 0 Å². The average Bonchev–Trinajstić information content (AvgIpc) is 3.02. The van der Waals surface area contributed by atoms with Crippen molar-refractivity contribution in [3.8, 4) is 0 Å². The molecule has 20 heavy (non-hydrogen) atoms. The molecule has 2 heteroatoms. The van der Waals surface area contributed by atoms with Crippen molar-refractivity contribution in [3.63, 3.8) is 0 Å². The lowest BCUT2D eigenvalue weighted by atomic mass is 9.89. The van der Waals surface area contributed by atoms with Crippen LogP contribution in [0, 0.1) is 5.92 Å². The number of benzene rings is 1. The summed E-state index contributed by atoms with van der Waals surface area (Å²) in [7, 11) is 0. The first kappa shape index (κ1) is 13.6. The van der Waals surface area contributed by atoms with Crippen LogP contribution < -0.4 is 5.32 Å². The highest BCUT2D eigenvalue weighted by Gasteiger charge is 2.26. The molecule has 1 N–H and O–H groups in total. The molecule has 1 saturated carbocycles. The van der Waals surface area contributed by atoms with E-state index in [1.165, 1.54) is 48.4 Å². The summed E-state index contributed by atoms with van der Waals surface area (Å²) in [5.41, 5.74) is 1.46. The van der Waals surface area contributed by atoms with Gasteiger partial charge >= 0.3 is 0 Å². The zero-order valence-corrected chi connectivity index (χ0v) is 12.3. The molecule has 1 unspecified atom stereocenters. The van der Waals surface area contributed by atoms with Gasteiger partial charge in [0.05, 0.1) is 0 Å². The van der Waals surface area contributed by atoms with Crippen LogP contribution in [0.3, 0.4) is 0 Å². The minimum atomic E-state index is 0.503. The van der Waals surface area contributed by atoms with Gasteiger partial charge in [-0.25, -0.2) is 0 Å². The number of nitrogens with one attached hydrogen (secondary N) is 1. The summed E-state index contributed by atoms with van der Waals surface area (Å²) >= 11 is 0. The van der Waals surface area contributed by atoms with Crippen molar-refractivity contribution in [1.29, 1.82) is 0 Å². The number of hydrogen-bond acceptors (Lipinski definition) is 2. The Hall–Kier alpha value is -1.41. The molecule has 1 aliphatic carbocycles. The third kappa shape index (κ3) is 2.71. The Morgan fingerprint density at radius 3 is 2.90 bits per heavy atom. The van der Waals surface area contributed by atoms with E-state index in [1.807, 2.05) is 12.4 Å². The van der Waals surface area contributed by atoms with Gasteiger partial charge in [0, 0.05) is 23.8 Å². The second-order valence-corrected chi connectivity index (χ2v) is 5.92. The Morgan fingerprint density at radius 1 is 1.25 bits per heavy atom. The predicted molar refractivity (Wildman–Crippen MR) is 84.7 cm³/mol. The van der Waals surface area contributed by atoms with E-state index >= 15 is 0 Å². The van der Waals surface area contributed by atoms with Gasteiger partial charge in [0.2, 0.25) is 0 Å². The third-order valence-corrected chi connectivity index (χ3v) is 4.54. The minimum Gasteiger partial charge on any atom is -0.310 e. The molecule has 0 radical (unpaired) electrons. The van der Waals surface area contributed by atoms with Crippen molar-refractivity contribution in [3.05, 3.63) is 42.2 Å². The highest BCUT2D eigenvalue weighted by Crippen LogP contribution is 2.38. The van der Waals surface area contributed by atoms with E-state index in [2.05, 4.69) is 41.5 Å². The molecule has 1 heterocycles. The molecule has 0 aliphatic heterocycles. The van der Waals surface area contributed by atoms with Gasteiger partial charge in [0.25, 0.3) is 0 Å². The van der Waals surface area contributed by atoms with Gasteiger partial charge in [-0.05, 0) is 48.7 Å². The summed E-state index contributed by atoms with van der Waals surface area (Å²) in [5.74, 6) is 0.792. The van der Waals surface area contributed by atoms with Crippen molar-refractivity contribution in [1.82, 2.24) is 10.3 Å². The lowest BCUT2D eigenvalue weighted by molar-refractivity contribution is 0.370. The smallest absolute Gasteiger partial charge is 0.0354 e. The van der Waals surface area contributed by atoms with E-state index in [0.29, 0.717) is 6.04 Å². The highest BCUT2D eigenvalue weighted by atomic mass is 14.9. The Balaban J connectivity index is 1.99. The van der Waals surface area contributed by atoms with Crippen LogP contribution in [0.4, 0.5) is 0 Å².